The number of ether oxygens (including phenoxy) is 3. The Morgan fingerprint density at radius 2 is 1.80 bits per heavy atom. The quantitative estimate of drug-likeness (QED) is 0.380. The highest BCUT2D eigenvalue weighted by Crippen LogP contribution is 2.31. The van der Waals surface area contributed by atoms with E-state index < -0.39 is 10.8 Å². The number of nitrogens with one attached hydrogen (secondary N) is 2. The molecule has 12 heteroatoms. The standard InChI is InChI=1S/C18H24N6O6/c1-28-10-8-23(9-11-29-2)17-15(24(26)27)16(19-12-20-17)21-22-18(25)13-6-4-5-7-14(13)30-3/h4-7,12H,8-11H2,1-3H3,(H,22,25)(H,19,20,21). The van der Waals surface area contributed by atoms with E-state index in [1.54, 1.807) is 29.2 Å². The number of anilines is 2. The highest BCUT2D eigenvalue weighted by atomic mass is 16.6. The van der Waals surface area contributed by atoms with Crippen LogP contribution in [-0.2, 0) is 9.47 Å². The van der Waals surface area contributed by atoms with Crippen molar-refractivity contribution in [3.63, 3.8) is 0 Å². The summed E-state index contributed by atoms with van der Waals surface area (Å²) in [5.41, 5.74) is 4.79. The zero-order valence-corrected chi connectivity index (χ0v) is 17.0. The molecule has 1 aromatic carbocycles. The molecule has 0 radical (unpaired) electrons. The van der Waals surface area contributed by atoms with E-state index in [-0.39, 0.29) is 22.9 Å². The maximum absolute atomic E-state index is 12.5. The number of hydrogen-bond donors (Lipinski definition) is 2. The van der Waals surface area contributed by atoms with Gasteiger partial charge in [0.25, 0.3) is 5.91 Å². The highest BCUT2D eigenvalue weighted by molar-refractivity contribution is 5.97. The second-order valence-corrected chi connectivity index (χ2v) is 5.90. The van der Waals surface area contributed by atoms with Gasteiger partial charge in [-0.05, 0) is 12.1 Å². The van der Waals surface area contributed by atoms with Crippen molar-refractivity contribution in [3.8, 4) is 5.75 Å². The Hall–Kier alpha value is -3.51. The van der Waals surface area contributed by atoms with Gasteiger partial charge in [-0.1, -0.05) is 12.1 Å². The fourth-order valence-corrected chi connectivity index (χ4v) is 2.60. The number of hydrogen-bond acceptors (Lipinski definition) is 10. The Labute approximate surface area is 173 Å². The lowest BCUT2D eigenvalue weighted by Crippen LogP contribution is -2.33. The van der Waals surface area contributed by atoms with Gasteiger partial charge in [-0.25, -0.2) is 9.97 Å². The second kappa shape index (κ2) is 11.5. The minimum absolute atomic E-state index is 0.0816. The molecule has 0 fully saturated rings. The third-order valence-corrected chi connectivity index (χ3v) is 4.06. The van der Waals surface area contributed by atoms with E-state index in [0.29, 0.717) is 32.1 Å². The third kappa shape index (κ3) is 5.75. The maximum atomic E-state index is 12.5. The summed E-state index contributed by atoms with van der Waals surface area (Å²) in [5.74, 6) is -0.260. The average molecular weight is 420 g/mol. The van der Waals surface area contributed by atoms with Crippen LogP contribution in [-0.4, -0.2) is 68.4 Å². The Balaban J connectivity index is 2.28. The molecule has 162 valence electrons. The Morgan fingerprint density at radius 3 is 2.40 bits per heavy atom. The molecule has 0 spiro atoms. The number of nitro groups is 1. The van der Waals surface area contributed by atoms with Gasteiger partial charge in [-0.2, -0.15) is 0 Å². The summed E-state index contributed by atoms with van der Waals surface area (Å²) in [6, 6.07) is 6.59. The predicted octanol–water partition coefficient (Wildman–Crippen LogP) is 1.25. The molecule has 30 heavy (non-hydrogen) atoms. The van der Waals surface area contributed by atoms with Crippen LogP contribution >= 0.6 is 0 Å². The first kappa shape index (κ1) is 22.8. The van der Waals surface area contributed by atoms with Gasteiger partial charge >= 0.3 is 5.69 Å². The number of carbonyl (C=O) groups is 1. The first-order chi connectivity index (χ1) is 14.5. The van der Waals surface area contributed by atoms with Gasteiger partial charge in [0.1, 0.15) is 12.1 Å². The summed E-state index contributed by atoms with van der Waals surface area (Å²) >= 11 is 0. The second-order valence-electron chi connectivity index (χ2n) is 5.90. The number of nitrogens with zero attached hydrogens (tertiary/aromatic N) is 4. The Kier molecular flexibility index (Phi) is 8.72. The fraction of sp³-hybridized carbons (Fsp3) is 0.389. The van der Waals surface area contributed by atoms with Gasteiger partial charge < -0.3 is 19.1 Å². The largest absolute Gasteiger partial charge is 0.496 e. The molecule has 0 aliphatic rings. The zero-order chi connectivity index (χ0) is 21.9. The Morgan fingerprint density at radius 1 is 1.13 bits per heavy atom. The first-order valence-electron chi connectivity index (χ1n) is 8.95. The summed E-state index contributed by atoms with van der Waals surface area (Å²) in [4.78, 5) is 33.3. The highest BCUT2D eigenvalue weighted by Gasteiger charge is 2.27. The number of aromatic nitrogens is 2. The number of benzene rings is 1. The first-order valence-corrected chi connectivity index (χ1v) is 8.95. The molecule has 0 aliphatic heterocycles. The molecule has 0 bridgehead atoms. The van der Waals surface area contributed by atoms with Crippen molar-refractivity contribution < 1.29 is 23.9 Å². The molecule has 1 aromatic heterocycles. The lowest BCUT2D eigenvalue weighted by molar-refractivity contribution is -0.383. The van der Waals surface area contributed by atoms with Crippen LogP contribution in [0.15, 0.2) is 30.6 Å². The summed E-state index contributed by atoms with van der Waals surface area (Å²) in [6.45, 7) is 1.37. The van der Waals surface area contributed by atoms with E-state index in [1.807, 2.05) is 0 Å². The van der Waals surface area contributed by atoms with Gasteiger partial charge in [-0.15, -0.1) is 0 Å². The summed E-state index contributed by atoms with van der Waals surface area (Å²) in [5, 5.41) is 11.8. The van der Waals surface area contributed by atoms with Gasteiger partial charge in [-0.3, -0.25) is 25.8 Å². The molecule has 1 heterocycles. The van der Waals surface area contributed by atoms with Crippen molar-refractivity contribution >= 4 is 23.2 Å². The molecule has 0 atom stereocenters. The van der Waals surface area contributed by atoms with Crippen LogP contribution in [0.4, 0.5) is 17.3 Å². The number of para-hydroxylation sites is 1. The number of rotatable bonds is 12. The van der Waals surface area contributed by atoms with Crippen LogP contribution in [0.2, 0.25) is 0 Å². The fourth-order valence-electron chi connectivity index (χ4n) is 2.60. The van der Waals surface area contributed by atoms with E-state index in [2.05, 4.69) is 20.8 Å². The SMILES string of the molecule is COCCN(CCOC)c1ncnc(NNC(=O)c2ccccc2OC)c1[N+](=O)[O-]. The topological polar surface area (TPSA) is 141 Å². The van der Waals surface area contributed by atoms with Gasteiger partial charge in [0, 0.05) is 27.3 Å². The minimum atomic E-state index is -0.612. The average Bonchev–Trinajstić information content (AvgIpc) is 2.77. The molecule has 0 saturated carbocycles. The van der Waals surface area contributed by atoms with Crippen molar-refractivity contribution in [2.75, 3.05) is 58.0 Å². The smallest absolute Gasteiger partial charge is 0.355 e. The van der Waals surface area contributed by atoms with Crippen LogP contribution in [0, 0.1) is 10.1 Å². The van der Waals surface area contributed by atoms with E-state index in [0.717, 1.165) is 0 Å². The van der Waals surface area contributed by atoms with Crippen molar-refractivity contribution in [1.29, 1.82) is 0 Å². The van der Waals surface area contributed by atoms with Crippen LogP contribution in [0.5, 0.6) is 5.75 Å². The molecule has 2 aromatic rings. The normalized spacial score (nSPS) is 10.4. The van der Waals surface area contributed by atoms with Gasteiger partial charge in [0.05, 0.1) is 30.8 Å². The number of methoxy groups -OCH3 is 3. The molecular weight excluding hydrogens is 396 g/mol. The van der Waals surface area contributed by atoms with Crippen LogP contribution < -0.4 is 20.5 Å². The monoisotopic (exact) mass is 420 g/mol. The number of carbonyl (C=O) groups excluding carboxylic acids is 1. The third-order valence-electron chi connectivity index (χ3n) is 4.06. The molecule has 12 nitrogen and oxygen atoms in total. The molecular formula is C18H24N6O6. The molecule has 2 N–H and O–H groups in total. The van der Waals surface area contributed by atoms with E-state index >= 15 is 0 Å². The molecule has 1 amide bonds. The van der Waals surface area contributed by atoms with Crippen LogP contribution in [0.3, 0.4) is 0 Å². The van der Waals surface area contributed by atoms with E-state index in [1.165, 1.54) is 27.7 Å². The summed E-state index contributed by atoms with van der Waals surface area (Å²) in [6.07, 6.45) is 1.17. The molecule has 0 unspecified atom stereocenters. The minimum Gasteiger partial charge on any atom is -0.496 e. The van der Waals surface area contributed by atoms with E-state index in [9.17, 15) is 14.9 Å². The lowest BCUT2D eigenvalue weighted by atomic mass is 10.2. The summed E-state index contributed by atoms with van der Waals surface area (Å²) < 4.78 is 15.3. The van der Waals surface area contributed by atoms with E-state index in [4.69, 9.17) is 14.2 Å². The molecule has 0 aliphatic carbocycles. The molecule has 2 rings (SSSR count). The van der Waals surface area contributed by atoms with Crippen molar-refractivity contribution in [2.24, 2.45) is 0 Å². The number of amides is 1. The van der Waals surface area contributed by atoms with Gasteiger partial charge in [0.2, 0.25) is 11.6 Å². The number of hydrazine groups is 1. The lowest BCUT2D eigenvalue weighted by Gasteiger charge is -2.23. The maximum Gasteiger partial charge on any atom is 0.355 e. The van der Waals surface area contributed by atoms with Crippen molar-refractivity contribution in [1.82, 2.24) is 15.4 Å². The Bertz CT molecular complexity index is 857. The summed E-state index contributed by atoms with van der Waals surface area (Å²) in [7, 11) is 4.50. The van der Waals surface area contributed by atoms with Crippen molar-refractivity contribution in [3.05, 3.63) is 46.3 Å². The van der Waals surface area contributed by atoms with Crippen LogP contribution in [0.25, 0.3) is 0 Å². The van der Waals surface area contributed by atoms with Gasteiger partial charge in [0.15, 0.2) is 0 Å². The van der Waals surface area contributed by atoms with Crippen LogP contribution in [0.1, 0.15) is 10.4 Å². The molecule has 0 saturated heterocycles. The zero-order valence-electron chi connectivity index (χ0n) is 17.0. The van der Waals surface area contributed by atoms with Crippen molar-refractivity contribution in [2.45, 2.75) is 0 Å². The predicted molar refractivity (Wildman–Crippen MR) is 109 cm³/mol.